The molecule has 6 heteroatoms. The summed E-state index contributed by atoms with van der Waals surface area (Å²) in [6.45, 7) is 0. The van der Waals surface area contributed by atoms with Crippen LogP contribution < -0.4 is 10.3 Å². The van der Waals surface area contributed by atoms with Crippen LogP contribution in [0.3, 0.4) is 0 Å². The average Bonchev–Trinajstić information content (AvgIpc) is 2.82. The molecule has 0 radical (unpaired) electrons. The van der Waals surface area contributed by atoms with Crippen molar-refractivity contribution >= 4 is 22.9 Å². The molecule has 1 heterocycles. The fraction of sp³-hybridized carbons (Fsp3) is 0. The van der Waals surface area contributed by atoms with Crippen LogP contribution in [0.15, 0.2) is 58.3 Å². The second-order valence-corrected chi connectivity index (χ2v) is 3.91. The Kier molecular flexibility index (Phi) is 2.82. The molecular weight excluding hydrogens is 244 g/mol. The normalized spacial score (nSPS) is 11.2. The first-order valence-corrected chi connectivity index (χ1v) is 5.66. The predicted octanol–water partition coefficient (Wildman–Crippen LogP) is 1.91. The third kappa shape index (κ3) is 2.37. The van der Waals surface area contributed by atoms with Gasteiger partial charge in [-0.15, -0.1) is 0 Å². The van der Waals surface area contributed by atoms with Crippen LogP contribution in [0.25, 0.3) is 11.0 Å². The monoisotopic (exact) mass is 254 g/mol. The number of rotatable bonds is 3. The molecule has 1 aromatic heterocycles. The minimum absolute atomic E-state index is 0.372. The predicted molar refractivity (Wildman–Crippen MR) is 70.6 cm³/mol. The van der Waals surface area contributed by atoms with Gasteiger partial charge in [-0.25, -0.2) is 0 Å². The molecule has 19 heavy (non-hydrogen) atoms. The lowest BCUT2D eigenvalue weighted by Crippen LogP contribution is -2.22. The molecule has 0 saturated heterocycles. The van der Waals surface area contributed by atoms with Crippen LogP contribution in [0.2, 0.25) is 0 Å². The molecule has 0 aliphatic rings. The number of benzene rings is 2. The molecule has 6 nitrogen and oxygen atoms in total. The topological polar surface area (TPSA) is 77.4 Å². The number of aromatic nitrogens is 2. The summed E-state index contributed by atoms with van der Waals surface area (Å²) in [6, 6.07) is 14.8. The summed E-state index contributed by atoms with van der Waals surface area (Å²) in [5, 5.41) is 19.0. The number of nitrogens with one attached hydrogen (secondary N) is 1. The number of hydrogen-bond acceptors (Lipinski definition) is 5. The van der Waals surface area contributed by atoms with Crippen LogP contribution in [0.5, 0.6) is 0 Å². The van der Waals surface area contributed by atoms with E-state index >= 15 is 0 Å². The van der Waals surface area contributed by atoms with Crippen LogP contribution in [0, 0.1) is 5.21 Å². The van der Waals surface area contributed by atoms with Crippen molar-refractivity contribution in [3.05, 3.63) is 59.3 Å². The molecule has 2 aromatic carbocycles. The maximum atomic E-state index is 11.3. The molecule has 3 rings (SSSR count). The van der Waals surface area contributed by atoms with Crippen molar-refractivity contribution in [1.82, 2.24) is 5.16 Å². The molecule has 0 bridgehead atoms. The van der Waals surface area contributed by atoms with Gasteiger partial charge in [0.05, 0.1) is 11.9 Å². The van der Waals surface area contributed by atoms with Gasteiger partial charge in [0.2, 0.25) is 11.0 Å². The lowest BCUT2D eigenvalue weighted by Gasteiger charge is -1.98. The third-order valence-electron chi connectivity index (χ3n) is 2.59. The summed E-state index contributed by atoms with van der Waals surface area (Å²) < 4.78 is 4.49. The fourth-order valence-electron chi connectivity index (χ4n) is 1.66. The quantitative estimate of drug-likeness (QED) is 0.440. The Labute approximate surface area is 108 Å². The second-order valence-electron chi connectivity index (χ2n) is 3.91. The number of anilines is 1. The van der Waals surface area contributed by atoms with E-state index in [1.54, 1.807) is 24.4 Å². The maximum absolute atomic E-state index is 11.3. The second kappa shape index (κ2) is 4.77. The van der Waals surface area contributed by atoms with E-state index in [1.165, 1.54) is 0 Å². The molecule has 0 fully saturated rings. The fourth-order valence-corrected chi connectivity index (χ4v) is 1.66. The lowest BCUT2D eigenvalue weighted by atomic mass is 10.2. The van der Waals surface area contributed by atoms with Gasteiger partial charge in [0.15, 0.2) is 0 Å². The van der Waals surface area contributed by atoms with E-state index in [9.17, 15) is 5.21 Å². The van der Waals surface area contributed by atoms with Crippen molar-refractivity contribution in [2.75, 3.05) is 5.43 Å². The first kappa shape index (κ1) is 11.2. The molecule has 0 atom stereocenters. The Hall–Kier alpha value is -2.89. The summed E-state index contributed by atoms with van der Waals surface area (Å²) in [5.41, 5.74) is 5.46. The summed E-state index contributed by atoms with van der Waals surface area (Å²) in [6.07, 6.45) is 1.62. The first-order chi connectivity index (χ1) is 9.33. The van der Waals surface area contributed by atoms with E-state index in [4.69, 9.17) is 0 Å². The number of hydrazone groups is 1. The molecule has 3 aromatic rings. The van der Waals surface area contributed by atoms with Crippen molar-refractivity contribution < 1.29 is 9.53 Å². The summed E-state index contributed by atoms with van der Waals surface area (Å²) in [4.78, 5) is 0.372. The zero-order chi connectivity index (χ0) is 13.1. The Bertz CT molecular complexity index is 722. The Morgan fingerprint density at radius 2 is 2.05 bits per heavy atom. The highest BCUT2D eigenvalue weighted by atomic mass is 16.8. The van der Waals surface area contributed by atoms with Gasteiger partial charge in [0.25, 0.3) is 0 Å². The molecule has 0 amide bonds. The number of para-hydroxylation sites is 1. The Morgan fingerprint density at radius 1 is 1.21 bits per heavy atom. The van der Waals surface area contributed by atoms with Gasteiger partial charge in [-0.3, -0.25) is 10.1 Å². The SMILES string of the molecule is [O-][n+]1onc2ccc(C=NNc3ccccc3)cc21. The maximum Gasteiger partial charge on any atom is 0.248 e. The molecule has 0 unspecified atom stereocenters. The van der Waals surface area contributed by atoms with E-state index in [0.29, 0.717) is 15.9 Å². The zero-order valence-electron chi connectivity index (χ0n) is 9.85. The van der Waals surface area contributed by atoms with Gasteiger partial charge in [0.1, 0.15) is 0 Å². The molecule has 1 N–H and O–H groups in total. The minimum atomic E-state index is 0.372. The van der Waals surface area contributed by atoms with Crippen molar-refractivity contribution in [2.24, 2.45) is 5.10 Å². The molecule has 0 spiro atoms. The molecule has 0 aliphatic carbocycles. The number of hydrogen-bond donors (Lipinski definition) is 1. The lowest BCUT2D eigenvalue weighted by molar-refractivity contribution is -0.782. The van der Waals surface area contributed by atoms with Crippen LogP contribution >= 0.6 is 0 Å². The minimum Gasteiger partial charge on any atom is -0.359 e. The summed E-state index contributed by atoms with van der Waals surface area (Å²) in [5.74, 6) is 0. The van der Waals surface area contributed by atoms with Gasteiger partial charge in [-0.1, -0.05) is 18.2 Å². The zero-order valence-corrected chi connectivity index (χ0v) is 9.85. The summed E-state index contributed by atoms with van der Waals surface area (Å²) in [7, 11) is 0. The van der Waals surface area contributed by atoms with Crippen LogP contribution in [0.1, 0.15) is 5.56 Å². The van der Waals surface area contributed by atoms with Gasteiger partial charge in [0, 0.05) is 11.2 Å². The highest BCUT2D eigenvalue weighted by molar-refractivity contribution is 5.85. The smallest absolute Gasteiger partial charge is 0.248 e. The Morgan fingerprint density at radius 3 is 2.89 bits per heavy atom. The molecule has 94 valence electrons. The van der Waals surface area contributed by atoms with E-state index in [-0.39, 0.29) is 0 Å². The molecule has 0 saturated carbocycles. The third-order valence-corrected chi connectivity index (χ3v) is 2.59. The van der Waals surface area contributed by atoms with Crippen LogP contribution in [0.4, 0.5) is 5.69 Å². The van der Waals surface area contributed by atoms with Gasteiger partial charge >= 0.3 is 0 Å². The van der Waals surface area contributed by atoms with Gasteiger partial charge < -0.3 is 5.21 Å². The van der Waals surface area contributed by atoms with Gasteiger partial charge in [-0.2, -0.15) is 5.10 Å². The van der Waals surface area contributed by atoms with Crippen LogP contribution in [-0.2, 0) is 0 Å². The highest BCUT2D eigenvalue weighted by Gasteiger charge is 2.08. The van der Waals surface area contributed by atoms with Crippen molar-refractivity contribution in [3.8, 4) is 0 Å². The van der Waals surface area contributed by atoms with E-state index < -0.39 is 0 Å². The van der Waals surface area contributed by atoms with Gasteiger partial charge in [-0.05, 0) is 34.7 Å². The van der Waals surface area contributed by atoms with Crippen molar-refractivity contribution in [2.45, 2.75) is 0 Å². The summed E-state index contributed by atoms with van der Waals surface area (Å²) >= 11 is 0. The molecular formula is C13H10N4O2. The highest BCUT2D eigenvalue weighted by Crippen LogP contribution is 2.09. The van der Waals surface area contributed by atoms with E-state index in [0.717, 1.165) is 11.3 Å². The van der Waals surface area contributed by atoms with E-state index in [1.807, 2.05) is 30.3 Å². The van der Waals surface area contributed by atoms with E-state index in [2.05, 4.69) is 20.3 Å². The average molecular weight is 254 g/mol. The number of fused-ring (bicyclic) bond motifs is 1. The van der Waals surface area contributed by atoms with Crippen LogP contribution in [-0.4, -0.2) is 11.4 Å². The molecule has 0 aliphatic heterocycles. The number of nitrogens with zero attached hydrogens (tertiary/aromatic N) is 3. The largest absolute Gasteiger partial charge is 0.359 e. The van der Waals surface area contributed by atoms with Crippen molar-refractivity contribution in [1.29, 1.82) is 0 Å². The standard InChI is InChI=1S/C13H10N4O2/c18-17-13-8-10(6-7-12(13)16-19-17)9-14-15-11-4-2-1-3-5-11/h1-9,15H. The van der Waals surface area contributed by atoms with Crippen molar-refractivity contribution in [3.63, 3.8) is 0 Å². The first-order valence-electron chi connectivity index (χ1n) is 5.66. The Balaban J connectivity index is 1.79.